The first-order valence-corrected chi connectivity index (χ1v) is 6.46. The van der Waals surface area contributed by atoms with E-state index in [9.17, 15) is 14.7 Å². The molecule has 22 heavy (non-hydrogen) atoms. The molecule has 0 aromatic carbocycles. The van der Waals surface area contributed by atoms with Gasteiger partial charge in [-0.25, -0.2) is 9.48 Å². The highest BCUT2D eigenvalue weighted by molar-refractivity contribution is 5.93. The highest BCUT2D eigenvalue weighted by Crippen LogP contribution is 2.21. The SMILES string of the molecule is COCCNC(=O)Cn1nnc(C(=O)O)c1-c1ccncc1. The molecule has 2 heterocycles. The van der Waals surface area contributed by atoms with Crippen LogP contribution in [0.2, 0.25) is 0 Å². The molecule has 0 aliphatic carbocycles. The zero-order valence-corrected chi connectivity index (χ0v) is 11.9. The van der Waals surface area contributed by atoms with E-state index in [1.807, 2.05) is 0 Å². The quantitative estimate of drug-likeness (QED) is 0.680. The maximum Gasteiger partial charge on any atom is 0.358 e. The average Bonchev–Trinajstić information content (AvgIpc) is 2.92. The predicted molar refractivity (Wildman–Crippen MR) is 75.1 cm³/mol. The molecule has 0 unspecified atom stereocenters. The molecule has 0 spiro atoms. The van der Waals surface area contributed by atoms with Crippen molar-refractivity contribution in [2.45, 2.75) is 6.54 Å². The molecule has 1 amide bonds. The fraction of sp³-hybridized carbons (Fsp3) is 0.308. The van der Waals surface area contributed by atoms with Gasteiger partial charge in [-0.05, 0) is 12.1 Å². The van der Waals surface area contributed by atoms with Crippen LogP contribution in [0.5, 0.6) is 0 Å². The number of hydrogen-bond donors (Lipinski definition) is 2. The van der Waals surface area contributed by atoms with Crippen LogP contribution in [0, 0.1) is 0 Å². The maximum absolute atomic E-state index is 11.8. The Morgan fingerprint density at radius 2 is 2.09 bits per heavy atom. The van der Waals surface area contributed by atoms with E-state index >= 15 is 0 Å². The van der Waals surface area contributed by atoms with Gasteiger partial charge >= 0.3 is 5.97 Å². The van der Waals surface area contributed by atoms with Crippen LogP contribution in [0.1, 0.15) is 10.5 Å². The van der Waals surface area contributed by atoms with Crippen molar-refractivity contribution in [3.63, 3.8) is 0 Å². The summed E-state index contributed by atoms with van der Waals surface area (Å²) in [6, 6.07) is 3.26. The highest BCUT2D eigenvalue weighted by atomic mass is 16.5. The topological polar surface area (TPSA) is 119 Å². The maximum atomic E-state index is 11.8. The third-order valence-corrected chi connectivity index (χ3v) is 2.81. The minimum Gasteiger partial charge on any atom is -0.476 e. The minimum absolute atomic E-state index is 0.137. The number of aromatic nitrogens is 4. The van der Waals surface area contributed by atoms with Gasteiger partial charge in [-0.15, -0.1) is 5.10 Å². The lowest BCUT2D eigenvalue weighted by molar-refractivity contribution is -0.122. The lowest BCUT2D eigenvalue weighted by Crippen LogP contribution is -2.31. The highest BCUT2D eigenvalue weighted by Gasteiger charge is 2.21. The number of pyridine rings is 1. The molecule has 0 saturated carbocycles. The standard InChI is InChI=1S/C13H15N5O4/c1-22-7-6-15-10(19)8-18-12(9-2-4-14-5-3-9)11(13(20)21)16-17-18/h2-5H,6-8H2,1H3,(H,15,19)(H,20,21). The summed E-state index contributed by atoms with van der Waals surface area (Å²) in [5.74, 6) is -1.52. The molecule has 2 aromatic rings. The number of nitrogens with one attached hydrogen (secondary N) is 1. The molecule has 0 atom stereocenters. The van der Waals surface area contributed by atoms with E-state index < -0.39 is 5.97 Å². The summed E-state index contributed by atoms with van der Waals surface area (Å²) in [5.41, 5.74) is 0.620. The van der Waals surface area contributed by atoms with E-state index in [1.54, 1.807) is 12.1 Å². The first-order valence-electron chi connectivity index (χ1n) is 6.46. The number of carboxylic acids is 1. The van der Waals surface area contributed by atoms with E-state index in [0.29, 0.717) is 18.7 Å². The van der Waals surface area contributed by atoms with Gasteiger partial charge in [0.1, 0.15) is 12.2 Å². The largest absolute Gasteiger partial charge is 0.476 e. The Kier molecular flexibility index (Phi) is 5.15. The molecule has 9 nitrogen and oxygen atoms in total. The van der Waals surface area contributed by atoms with E-state index in [-0.39, 0.29) is 23.8 Å². The van der Waals surface area contributed by atoms with Crippen LogP contribution in [0.25, 0.3) is 11.3 Å². The Morgan fingerprint density at radius 3 is 2.73 bits per heavy atom. The van der Waals surface area contributed by atoms with Gasteiger partial charge in [0.2, 0.25) is 5.91 Å². The predicted octanol–water partition coefficient (Wildman–Crippen LogP) is -0.199. The molecule has 0 saturated heterocycles. The zero-order valence-electron chi connectivity index (χ0n) is 11.9. The number of carbonyl (C=O) groups is 2. The zero-order chi connectivity index (χ0) is 15.9. The minimum atomic E-state index is -1.21. The van der Waals surface area contributed by atoms with Gasteiger partial charge < -0.3 is 15.2 Å². The average molecular weight is 305 g/mol. The summed E-state index contributed by atoms with van der Waals surface area (Å²) in [6.07, 6.45) is 3.05. The Morgan fingerprint density at radius 1 is 1.36 bits per heavy atom. The van der Waals surface area contributed by atoms with Crippen molar-refractivity contribution in [1.29, 1.82) is 0 Å². The molecule has 0 aliphatic rings. The summed E-state index contributed by atoms with van der Waals surface area (Å²) in [4.78, 5) is 27.0. The van der Waals surface area contributed by atoms with Crippen molar-refractivity contribution in [1.82, 2.24) is 25.3 Å². The lowest BCUT2D eigenvalue weighted by Gasteiger charge is -2.08. The number of carbonyl (C=O) groups excluding carboxylic acids is 1. The van der Waals surface area contributed by atoms with E-state index in [1.165, 1.54) is 24.2 Å². The molecule has 0 radical (unpaired) electrons. The van der Waals surface area contributed by atoms with Crippen molar-refractivity contribution >= 4 is 11.9 Å². The van der Waals surface area contributed by atoms with Crippen LogP contribution in [0.15, 0.2) is 24.5 Å². The smallest absolute Gasteiger partial charge is 0.358 e. The molecular weight excluding hydrogens is 290 g/mol. The molecule has 0 bridgehead atoms. The number of methoxy groups -OCH3 is 1. The van der Waals surface area contributed by atoms with Gasteiger partial charge in [0.15, 0.2) is 5.69 Å². The summed E-state index contributed by atoms with van der Waals surface area (Å²) in [5, 5.41) is 19.2. The summed E-state index contributed by atoms with van der Waals surface area (Å²) in [7, 11) is 1.53. The van der Waals surface area contributed by atoms with Gasteiger partial charge in [-0.1, -0.05) is 5.21 Å². The Bertz CT molecular complexity index is 656. The number of rotatable bonds is 7. The Balaban J connectivity index is 2.25. The normalized spacial score (nSPS) is 10.4. The number of aromatic carboxylic acids is 1. The Hall–Kier alpha value is -2.81. The fourth-order valence-electron chi connectivity index (χ4n) is 1.85. The molecule has 116 valence electrons. The van der Waals surface area contributed by atoms with Crippen LogP contribution in [-0.2, 0) is 16.1 Å². The monoisotopic (exact) mass is 305 g/mol. The Labute approximate surface area is 125 Å². The molecule has 0 fully saturated rings. The van der Waals surface area contributed by atoms with Crippen molar-refractivity contribution in [2.24, 2.45) is 0 Å². The van der Waals surface area contributed by atoms with Crippen LogP contribution in [-0.4, -0.2) is 57.2 Å². The van der Waals surface area contributed by atoms with E-state index in [2.05, 4.69) is 20.6 Å². The second-order valence-electron chi connectivity index (χ2n) is 4.33. The van der Waals surface area contributed by atoms with Gasteiger partial charge in [-0.2, -0.15) is 0 Å². The molecule has 2 rings (SSSR count). The fourth-order valence-corrected chi connectivity index (χ4v) is 1.85. The first-order chi connectivity index (χ1) is 10.6. The summed E-state index contributed by atoms with van der Waals surface area (Å²) < 4.78 is 6.09. The number of carboxylic acid groups (broad SMARTS) is 1. The van der Waals surface area contributed by atoms with Crippen LogP contribution in [0.4, 0.5) is 0 Å². The number of ether oxygens (including phenoxy) is 1. The molecular formula is C13H15N5O4. The molecule has 2 N–H and O–H groups in total. The lowest BCUT2D eigenvalue weighted by atomic mass is 10.1. The van der Waals surface area contributed by atoms with Gasteiger partial charge in [-0.3, -0.25) is 9.78 Å². The second-order valence-corrected chi connectivity index (χ2v) is 4.33. The van der Waals surface area contributed by atoms with E-state index in [4.69, 9.17) is 4.74 Å². The number of hydrogen-bond acceptors (Lipinski definition) is 6. The van der Waals surface area contributed by atoms with Gasteiger partial charge in [0, 0.05) is 31.6 Å². The van der Waals surface area contributed by atoms with Crippen molar-refractivity contribution < 1.29 is 19.4 Å². The summed E-state index contributed by atoms with van der Waals surface area (Å²) in [6.45, 7) is 0.614. The van der Waals surface area contributed by atoms with Gasteiger partial charge in [0.25, 0.3) is 0 Å². The third kappa shape index (κ3) is 3.64. The number of amides is 1. The number of nitrogens with zero attached hydrogens (tertiary/aromatic N) is 4. The van der Waals surface area contributed by atoms with Gasteiger partial charge in [0.05, 0.1) is 6.61 Å². The van der Waals surface area contributed by atoms with Crippen LogP contribution >= 0.6 is 0 Å². The van der Waals surface area contributed by atoms with E-state index in [0.717, 1.165) is 0 Å². The molecule has 2 aromatic heterocycles. The first kappa shape index (κ1) is 15.6. The third-order valence-electron chi connectivity index (χ3n) is 2.81. The van der Waals surface area contributed by atoms with Crippen molar-refractivity contribution in [3.05, 3.63) is 30.2 Å². The molecule has 0 aliphatic heterocycles. The second kappa shape index (κ2) is 7.27. The van der Waals surface area contributed by atoms with Crippen molar-refractivity contribution in [3.8, 4) is 11.3 Å². The summed E-state index contributed by atoms with van der Waals surface area (Å²) >= 11 is 0. The molecule has 9 heteroatoms. The van der Waals surface area contributed by atoms with Crippen molar-refractivity contribution in [2.75, 3.05) is 20.3 Å². The van der Waals surface area contributed by atoms with Crippen LogP contribution in [0.3, 0.4) is 0 Å². The van der Waals surface area contributed by atoms with Crippen LogP contribution < -0.4 is 5.32 Å².